The zero-order chi connectivity index (χ0) is 23.1. The number of amides is 1. The van der Waals surface area contributed by atoms with Gasteiger partial charge in [0.15, 0.2) is 11.4 Å². The second-order valence-corrected chi connectivity index (χ2v) is 6.56. The normalized spacial score (nSPS) is 12.2. The summed E-state index contributed by atoms with van der Waals surface area (Å²) in [5.74, 6) is -0.704. The molecule has 0 aliphatic rings. The first-order chi connectivity index (χ1) is 15.0. The largest absolute Gasteiger partial charge is 0.435 e. The maximum atomic E-state index is 12.9. The van der Waals surface area contributed by atoms with E-state index in [-0.39, 0.29) is 11.3 Å². The summed E-state index contributed by atoms with van der Waals surface area (Å²) >= 11 is 0. The van der Waals surface area contributed by atoms with Crippen LogP contribution in [-0.4, -0.2) is 25.5 Å². The highest BCUT2D eigenvalue weighted by Gasteiger charge is 2.38. The number of hydrogen-bond donors (Lipinski definition) is 3. The Morgan fingerprint density at radius 2 is 1.62 bits per heavy atom. The predicted molar refractivity (Wildman–Crippen MR) is 101 cm³/mol. The highest BCUT2D eigenvalue weighted by molar-refractivity contribution is 6.05. The summed E-state index contributed by atoms with van der Waals surface area (Å²) in [6, 6.07) is 10.3. The van der Waals surface area contributed by atoms with E-state index >= 15 is 0 Å². The quantitative estimate of drug-likeness (QED) is 0.375. The van der Waals surface area contributed by atoms with Gasteiger partial charge >= 0.3 is 12.4 Å². The lowest BCUT2D eigenvalue weighted by Gasteiger charge is -2.11. The number of fused-ring (bicyclic) bond motifs is 1. The Morgan fingerprint density at radius 1 is 0.938 bits per heavy atom. The van der Waals surface area contributed by atoms with Crippen molar-refractivity contribution in [2.45, 2.75) is 12.4 Å². The average molecular weight is 454 g/mol. The van der Waals surface area contributed by atoms with E-state index in [0.29, 0.717) is 11.5 Å². The van der Waals surface area contributed by atoms with Crippen molar-refractivity contribution >= 4 is 28.7 Å². The number of carbonyl (C=O) groups excluding carboxylic acids is 1. The molecule has 0 atom stereocenters. The SMILES string of the molecule is O=C(Nc1ccc(Nc2cccc3nc(C(F)(F)F)cn23)cc1)c1c[nH]nc1C(F)(F)F. The molecular formula is C19H12F6N6O. The van der Waals surface area contributed by atoms with Crippen molar-refractivity contribution in [3.63, 3.8) is 0 Å². The molecule has 1 amide bonds. The molecule has 32 heavy (non-hydrogen) atoms. The maximum Gasteiger partial charge on any atom is 0.435 e. The van der Waals surface area contributed by atoms with Gasteiger partial charge in [-0.15, -0.1) is 0 Å². The van der Waals surface area contributed by atoms with Crippen LogP contribution < -0.4 is 10.6 Å². The molecule has 3 heterocycles. The predicted octanol–water partition coefficient (Wildman–Crippen LogP) is 5.09. The first-order valence-electron chi connectivity index (χ1n) is 8.87. The number of aromatic amines is 1. The van der Waals surface area contributed by atoms with Gasteiger partial charge in [0.2, 0.25) is 0 Å². The van der Waals surface area contributed by atoms with Gasteiger partial charge in [-0.25, -0.2) is 4.98 Å². The highest BCUT2D eigenvalue weighted by atomic mass is 19.4. The Labute approximate surface area is 175 Å². The minimum absolute atomic E-state index is 0.0896. The number of hydrogen-bond acceptors (Lipinski definition) is 4. The Balaban J connectivity index is 1.51. The van der Waals surface area contributed by atoms with Crippen LogP contribution >= 0.6 is 0 Å². The van der Waals surface area contributed by atoms with Crippen LogP contribution in [0.2, 0.25) is 0 Å². The summed E-state index contributed by atoms with van der Waals surface area (Å²) in [6.45, 7) is 0. The van der Waals surface area contributed by atoms with Crippen molar-refractivity contribution in [1.29, 1.82) is 0 Å². The molecule has 0 radical (unpaired) electrons. The number of aromatic nitrogens is 4. The minimum atomic E-state index is -4.79. The molecule has 1 aromatic carbocycles. The van der Waals surface area contributed by atoms with E-state index in [4.69, 9.17) is 0 Å². The van der Waals surface area contributed by atoms with Gasteiger partial charge in [0, 0.05) is 23.8 Å². The summed E-state index contributed by atoms with van der Waals surface area (Å²) in [6.07, 6.45) is -7.69. The molecule has 3 N–H and O–H groups in total. The van der Waals surface area contributed by atoms with Gasteiger partial charge in [-0.2, -0.15) is 31.4 Å². The first kappa shape index (κ1) is 21.2. The molecule has 0 spiro atoms. The zero-order valence-corrected chi connectivity index (χ0v) is 15.7. The first-order valence-corrected chi connectivity index (χ1v) is 8.87. The Morgan fingerprint density at radius 3 is 2.28 bits per heavy atom. The summed E-state index contributed by atoms with van der Waals surface area (Å²) in [7, 11) is 0. The van der Waals surface area contributed by atoms with Crippen LogP contribution in [0.3, 0.4) is 0 Å². The van der Waals surface area contributed by atoms with Gasteiger partial charge in [0.05, 0.1) is 5.56 Å². The van der Waals surface area contributed by atoms with Crippen molar-refractivity contribution in [2.75, 3.05) is 10.6 Å². The van der Waals surface area contributed by atoms with Crippen LogP contribution in [0.15, 0.2) is 54.9 Å². The van der Waals surface area contributed by atoms with E-state index in [2.05, 4.69) is 20.7 Å². The third-order valence-corrected chi connectivity index (χ3v) is 4.35. The van der Waals surface area contributed by atoms with E-state index in [1.807, 2.05) is 5.10 Å². The molecule has 0 fully saturated rings. The van der Waals surface area contributed by atoms with Crippen LogP contribution in [-0.2, 0) is 12.4 Å². The molecule has 0 aliphatic carbocycles. The number of nitrogens with one attached hydrogen (secondary N) is 3. The van der Waals surface area contributed by atoms with Crippen LogP contribution in [0.5, 0.6) is 0 Å². The van der Waals surface area contributed by atoms with Crippen molar-refractivity contribution in [2.24, 2.45) is 0 Å². The van der Waals surface area contributed by atoms with Crippen molar-refractivity contribution in [3.8, 4) is 0 Å². The smallest absolute Gasteiger partial charge is 0.341 e. The lowest BCUT2D eigenvalue weighted by molar-refractivity contribution is -0.142. The van der Waals surface area contributed by atoms with Crippen LogP contribution in [0.25, 0.3) is 5.65 Å². The number of pyridine rings is 1. The molecule has 0 bridgehead atoms. The van der Waals surface area contributed by atoms with E-state index in [1.54, 1.807) is 6.07 Å². The van der Waals surface area contributed by atoms with Crippen molar-refractivity contribution in [3.05, 3.63) is 71.8 Å². The molecule has 0 unspecified atom stereocenters. The highest BCUT2D eigenvalue weighted by Crippen LogP contribution is 2.31. The molecule has 3 aromatic heterocycles. The number of alkyl halides is 6. The number of nitrogens with zero attached hydrogens (tertiary/aromatic N) is 3. The number of carbonyl (C=O) groups is 1. The Bertz CT molecular complexity index is 1270. The molecule has 0 saturated carbocycles. The summed E-state index contributed by atoms with van der Waals surface area (Å²) in [5.41, 5.74) is -2.28. The molecule has 4 rings (SSSR count). The Hall–Kier alpha value is -4.03. The number of rotatable bonds is 4. The molecule has 4 aromatic rings. The molecule has 7 nitrogen and oxygen atoms in total. The van der Waals surface area contributed by atoms with E-state index in [1.165, 1.54) is 40.8 Å². The Kier molecular flexibility index (Phi) is 5.03. The number of H-pyrrole nitrogens is 1. The number of imidazole rings is 1. The van der Waals surface area contributed by atoms with Crippen LogP contribution in [0, 0.1) is 0 Å². The van der Waals surface area contributed by atoms with Gasteiger partial charge < -0.3 is 10.6 Å². The molecule has 13 heteroatoms. The second kappa shape index (κ2) is 7.59. The molecular weight excluding hydrogens is 442 g/mol. The molecule has 166 valence electrons. The van der Waals surface area contributed by atoms with Crippen molar-refractivity contribution < 1.29 is 31.1 Å². The fraction of sp³-hybridized carbons (Fsp3) is 0.105. The standard InChI is InChI=1S/C19H12F6N6O/c20-18(21,22)13-9-31-14(2-1-3-15(31)29-13)27-10-4-6-11(7-5-10)28-17(32)12-8-26-30-16(12)19(23,24)25/h1-9,27H,(H,26,30)(H,28,32). The van der Waals surface area contributed by atoms with Gasteiger partial charge in [0.1, 0.15) is 11.5 Å². The molecule has 0 saturated heterocycles. The number of anilines is 3. The van der Waals surface area contributed by atoms with Gasteiger partial charge in [-0.05, 0) is 36.4 Å². The van der Waals surface area contributed by atoms with Crippen LogP contribution in [0.4, 0.5) is 43.5 Å². The average Bonchev–Trinajstić information content (AvgIpc) is 3.37. The minimum Gasteiger partial charge on any atom is -0.341 e. The lowest BCUT2D eigenvalue weighted by atomic mass is 10.2. The zero-order valence-electron chi connectivity index (χ0n) is 15.7. The topological polar surface area (TPSA) is 87.1 Å². The molecule has 0 aliphatic heterocycles. The van der Waals surface area contributed by atoms with E-state index < -0.39 is 35.2 Å². The lowest BCUT2D eigenvalue weighted by Crippen LogP contribution is -2.17. The van der Waals surface area contributed by atoms with Gasteiger partial charge in [0.25, 0.3) is 5.91 Å². The maximum absolute atomic E-state index is 12.9. The second-order valence-electron chi connectivity index (χ2n) is 6.56. The van der Waals surface area contributed by atoms with Gasteiger partial charge in [-0.3, -0.25) is 14.3 Å². The third kappa shape index (κ3) is 4.22. The van der Waals surface area contributed by atoms with E-state index in [9.17, 15) is 31.1 Å². The van der Waals surface area contributed by atoms with E-state index in [0.717, 1.165) is 12.4 Å². The van der Waals surface area contributed by atoms with Crippen LogP contribution in [0.1, 0.15) is 21.7 Å². The monoisotopic (exact) mass is 454 g/mol. The number of benzene rings is 1. The summed E-state index contributed by atoms with van der Waals surface area (Å²) in [4.78, 5) is 15.7. The third-order valence-electron chi connectivity index (χ3n) is 4.35. The fourth-order valence-electron chi connectivity index (χ4n) is 2.91. The number of halogens is 6. The fourth-order valence-corrected chi connectivity index (χ4v) is 2.91. The van der Waals surface area contributed by atoms with Crippen molar-refractivity contribution in [1.82, 2.24) is 19.6 Å². The summed E-state index contributed by atoms with van der Waals surface area (Å²) < 4.78 is 78.6. The summed E-state index contributed by atoms with van der Waals surface area (Å²) in [5, 5.41) is 10.3. The van der Waals surface area contributed by atoms with Gasteiger partial charge in [-0.1, -0.05) is 6.07 Å².